The predicted octanol–water partition coefficient (Wildman–Crippen LogP) is 3.50. The van der Waals surface area contributed by atoms with Crippen LogP contribution in [0.15, 0.2) is 45.8 Å². The van der Waals surface area contributed by atoms with Crippen molar-refractivity contribution >= 4 is 43.2 Å². The quantitative estimate of drug-likeness (QED) is 0.835. The van der Waals surface area contributed by atoms with E-state index in [4.69, 9.17) is 17.3 Å². The first-order chi connectivity index (χ1) is 9.85. The fraction of sp³-hybridized carbons (Fsp3) is 0.0769. The molecule has 0 bridgehead atoms. The molecule has 2 aromatic rings. The summed E-state index contributed by atoms with van der Waals surface area (Å²) in [6.07, 6.45) is 0. The summed E-state index contributed by atoms with van der Waals surface area (Å²) in [7, 11) is -3.94. The third-order valence-electron chi connectivity index (χ3n) is 2.75. The molecule has 4 nitrogen and oxygen atoms in total. The number of halogens is 3. The Balaban J connectivity index is 2.44. The molecule has 0 aliphatic heterocycles. The minimum atomic E-state index is -3.94. The molecule has 0 amide bonds. The maximum atomic E-state index is 13.7. The number of nitrogens with two attached hydrogens (primary N) is 1. The molecule has 0 unspecified atom stereocenters. The van der Waals surface area contributed by atoms with Gasteiger partial charge < -0.3 is 5.73 Å². The Kier molecular flexibility index (Phi) is 4.88. The van der Waals surface area contributed by atoms with E-state index in [-0.39, 0.29) is 17.1 Å². The van der Waals surface area contributed by atoms with Gasteiger partial charge in [0.1, 0.15) is 5.82 Å². The molecular formula is C13H11BrClFN2O2S. The Morgan fingerprint density at radius 3 is 2.62 bits per heavy atom. The molecule has 0 spiro atoms. The Bertz CT molecular complexity index is 763. The van der Waals surface area contributed by atoms with Crippen LogP contribution in [0.1, 0.15) is 5.56 Å². The highest BCUT2D eigenvalue weighted by molar-refractivity contribution is 9.10. The van der Waals surface area contributed by atoms with Crippen molar-refractivity contribution < 1.29 is 12.8 Å². The van der Waals surface area contributed by atoms with E-state index in [1.165, 1.54) is 30.3 Å². The van der Waals surface area contributed by atoms with Gasteiger partial charge in [0.15, 0.2) is 0 Å². The summed E-state index contributed by atoms with van der Waals surface area (Å²) >= 11 is 9.00. The monoisotopic (exact) mass is 392 g/mol. The Morgan fingerprint density at radius 2 is 2.00 bits per heavy atom. The van der Waals surface area contributed by atoms with E-state index in [1.54, 1.807) is 0 Å². The maximum absolute atomic E-state index is 13.7. The zero-order valence-electron chi connectivity index (χ0n) is 10.6. The molecule has 21 heavy (non-hydrogen) atoms. The maximum Gasteiger partial charge on any atom is 0.262 e. The zero-order chi connectivity index (χ0) is 15.6. The van der Waals surface area contributed by atoms with Crippen LogP contribution in [-0.2, 0) is 16.6 Å². The van der Waals surface area contributed by atoms with Crippen molar-refractivity contribution in [2.45, 2.75) is 11.4 Å². The van der Waals surface area contributed by atoms with Crippen molar-refractivity contribution in [2.24, 2.45) is 5.73 Å². The van der Waals surface area contributed by atoms with Gasteiger partial charge in [-0.25, -0.2) is 12.8 Å². The third kappa shape index (κ3) is 3.55. The Morgan fingerprint density at radius 1 is 1.29 bits per heavy atom. The molecule has 0 aromatic heterocycles. The van der Waals surface area contributed by atoms with Crippen molar-refractivity contribution in [1.29, 1.82) is 0 Å². The highest BCUT2D eigenvalue weighted by atomic mass is 79.9. The van der Waals surface area contributed by atoms with Crippen LogP contribution in [-0.4, -0.2) is 8.42 Å². The van der Waals surface area contributed by atoms with E-state index < -0.39 is 15.8 Å². The first-order valence-corrected chi connectivity index (χ1v) is 8.46. The molecule has 2 rings (SSSR count). The largest absolute Gasteiger partial charge is 0.326 e. The van der Waals surface area contributed by atoms with Crippen LogP contribution in [0.3, 0.4) is 0 Å². The molecule has 0 radical (unpaired) electrons. The summed E-state index contributed by atoms with van der Waals surface area (Å²) < 4.78 is 40.8. The van der Waals surface area contributed by atoms with E-state index in [0.29, 0.717) is 15.1 Å². The van der Waals surface area contributed by atoms with Crippen LogP contribution < -0.4 is 10.5 Å². The standard InChI is InChI=1S/C13H11BrClFN2O2S/c14-10-2-1-3-12(16)13(10)18-21(19,20)9-4-5-11(15)8(6-9)7-17/h1-6,18H,7,17H2. The first kappa shape index (κ1) is 16.2. The molecule has 112 valence electrons. The van der Waals surface area contributed by atoms with Crippen LogP contribution >= 0.6 is 27.5 Å². The fourth-order valence-electron chi connectivity index (χ4n) is 1.66. The number of hydrogen-bond acceptors (Lipinski definition) is 3. The molecule has 0 aliphatic rings. The van der Waals surface area contributed by atoms with Gasteiger partial charge >= 0.3 is 0 Å². The van der Waals surface area contributed by atoms with Gasteiger partial charge in [-0.3, -0.25) is 4.72 Å². The Labute approximate surface area is 135 Å². The topological polar surface area (TPSA) is 72.2 Å². The van der Waals surface area contributed by atoms with E-state index in [2.05, 4.69) is 20.7 Å². The molecule has 0 saturated heterocycles. The van der Waals surface area contributed by atoms with Gasteiger partial charge in [-0.1, -0.05) is 17.7 Å². The lowest BCUT2D eigenvalue weighted by Gasteiger charge is -2.12. The molecule has 2 aromatic carbocycles. The van der Waals surface area contributed by atoms with Crippen LogP contribution in [0.25, 0.3) is 0 Å². The van der Waals surface area contributed by atoms with Crippen LogP contribution in [0.4, 0.5) is 10.1 Å². The number of anilines is 1. The van der Waals surface area contributed by atoms with Gasteiger partial charge in [-0.05, 0) is 51.8 Å². The van der Waals surface area contributed by atoms with Crippen molar-refractivity contribution in [3.05, 3.63) is 57.3 Å². The van der Waals surface area contributed by atoms with Crippen molar-refractivity contribution in [2.75, 3.05) is 4.72 Å². The number of hydrogen-bond donors (Lipinski definition) is 2. The molecule has 0 fully saturated rings. The molecular weight excluding hydrogens is 383 g/mol. The van der Waals surface area contributed by atoms with Gasteiger partial charge in [0, 0.05) is 16.0 Å². The number of sulfonamides is 1. The number of nitrogens with one attached hydrogen (secondary N) is 1. The lowest BCUT2D eigenvalue weighted by molar-refractivity contribution is 0.598. The second-order valence-corrected chi connectivity index (χ2v) is 7.10. The average molecular weight is 394 g/mol. The number of para-hydroxylation sites is 1. The summed E-state index contributed by atoms with van der Waals surface area (Å²) in [4.78, 5) is -0.0393. The summed E-state index contributed by atoms with van der Waals surface area (Å²) in [6.45, 7) is 0.103. The van der Waals surface area contributed by atoms with E-state index >= 15 is 0 Å². The van der Waals surface area contributed by atoms with E-state index in [9.17, 15) is 12.8 Å². The third-order valence-corrected chi connectivity index (χ3v) is 5.12. The number of rotatable bonds is 4. The van der Waals surface area contributed by atoms with Crippen molar-refractivity contribution in [1.82, 2.24) is 0 Å². The molecule has 8 heteroatoms. The Hall–Kier alpha value is -1.15. The van der Waals surface area contributed by atoms with E-state index in [0.717, 1.165) is 6.07 Å². The second-order valence-electron chi connectivity index (χ2n) is 4.16. The molecule has 0 saturated carbocycles. The van der Waals surface area contributed by atoms with Crippen molar-refractivity contribution in [3.63, 3.8) is 0 Å². The minimum Gasteiger partial charge on any atom is -0.326 e. The van der Waals surface area contributed by atoms with Gasteiger partial charge in [0.05, 0.1) is 10.6 Å². The summed E-state index contributed by atoms with van der Waals surface area (Å²) in [5.74, 6) is -0.680. The predicted molar refractivity (Wildman–Crippen MR) is 84.3 cm³/mol. The summed E-state index contributed by atoms with van der Waals surface area (Å²) in [6, 6.07) is 8.29. The van der Waals surface area contributed by atoms with E-state index in [1.807, 2.05) is 0 Å². The highest BCUT2D eigenvalue weighted by Gasteiger charge is 2.19. The van der Waals surface area contributed by atoms with Crippen LogP contribution in [0.5, 0.6) is 0 Å². The minimum absolute atomic E-state index is 0.0393. The lowest BCUT2D eigenvalue weighted by atomic mass is 10.2. The summed E-state index contributed by atoms with van der Waals surface area (Å²) in [5.41, 5.74) is 5.84. The van der Waals surface area contributed by atoms with Crippen LogP contribution in [0, 0.1) is 5.82 Å². The van der Waals surface area contributed by atoms with Gasteiger partial charge in [0.25, 0.3) is 10.0 Å². The lowest BCUT2D eigenvalue weighted by Crippen LogP contribution is -2.15. The van der Waals surface area contributed by atoms with Crippen molar-refractivity contribution in [3.8, 4) is 0 Å². The first-order valence-electron chi connectivity index (χ1n) is 5.80. The van der Waals surface area contributed by atoms with Gasteiger partial charge in [-0.2, -0.15) is 0 Å². The molecule has 0 aliphatic carbocycles. The molecule has 0 heterocycles. The average Bonchev–Trinajstić information content (AvgIpc) is 2.43. The normalized spacial score (nSPS) is 11.4. The van der Waals surface area contributed by atoms with Gasteiger partial charge in [0.2, 0.25) is 0 Å². The number of benzene rings is 2. The van der Waals surface area contributed by atoms with Crippen LogP contribution in [0.2, 0.25) is 5.02 Å². The SMILES string of the molecule is NCc1cc(S(=O)(=O)Nc2c(F)cccc2Br)ccc1Cl. The van der Waals surface area contributed by atoms with Gasteiger partial charge in [-0.15, -0.1) is 0 Å². The summed E-state index contributed by atoms with van der Waals surface area (Å²) in [5, 5.41) is 0.378. The molecule has 3 N–H and O–H groups in total. The smallest absolute Gasteiger partial charge is 0.262 e. The second kappa shape index (κ2) is 6.31. The highest BCUT2D eigenvalue weighted by Crippen LogP contribution is 2.28. The fourth-order valence-corrected chi connectivity index (χ4v) is 3.57. The molecule has 0 atom stereocenters. The zero-order valence-corrected chi connectivity index (χ0v) is 13.8.